The molecule has 1 aliphatic heterocycles. The highest BCUT2D eigenvalue weighted by Crippen LogP contribution is 2.41. The van der Waals surface area contributed by atoms with Crippen molar-refractivity contribution in [2.75, 3.05) is 20.8 Å². The standard InChI is InChI=1S/C22H23NO4S/c1-26-18-10-12-22(27-2)20(15-18)21-8-5-13-23(21)28(24,25)19-11-9-16-6-3-4-7-17(16)14-19/h3-4,6-7,9-12,14-15,21H,5,8,13H2,1-2H3. The molecule has 0 N–H and O–H groups in total. The van der Waals surface area contributed by atoms with Gasteiger partial charge in [-0.15, -0.1) is 0 Å². The minimum atomic E-state index is -3.64. The molecule has 1 unspecified atom stereocenters. The van der Waals surface area contributed by atoms with Crippen LogP contribution in [0.25, 0.3) is 10.8 Å². The number of ether oxygens (including phenoxy) is 2. The molecular formula is C22H23NO4S. The van der Waals surface area contributed by atoms with Crippen LogP contribution in [0.5, 0.6) is 11.5 Å². The summed E-state index contributed by atoms with van der Waals surface area (Å²) in [6, 6.07) is 18.3. The van der Waals surface area contributed by atoms with Gasteiger partial charge < -0.3 is 9.47 Å². The fraction of sp³-hybridized carbons (Fsp3) is 0.273. The first-order valence-corrected chi connectivity index (χ1v) is 10.7. The molecule has 0 aliphatic carbocycles. The Hall–Kier alpha value is -2.57. The minimum absolute atomic E-state index is 0.276. The fourth-order valence-corrected chi connectivity index (χ4v) is 5.61. The van der Waals surface area contributed by atoms with Crippen LogP contribution < -0.4 is 9.47 Å². The highest BCUT2D eigenvalue weighted by atomic mass is 32.2. The maximum absolute atomic E-state index is 13.5. The summed E-state index contributed by atoms with van der Waals surface area (Å²) in [5.41, 5.74) is 0.837. The van der Waals surface area contributed by atoms with Gasteiger partial charge in [-0.25, -0.2) is 8.42 Å². The van der Waals surface area contributed by atoms with E-state index in [1.54, 1.807) is 30.7 Å². The van der Waals surface area contributed by atoms with Crippen LogP contribution >= 0.6 is 0 Å². The van der Waals surface area contributed by atoms with Crippen LogP contribution in [0.4, 0.5) is 0 Å². The van der Waals surface area contributed by atoms with E-state index in [-0.39, 0.29) is 6.04 Å². The van der Waals surface area contributed by atoms with Crippen molar-refractivity contribution in [1.29, 1.82) is 0 Å². The third-order valence-electron chi connectivity index (χ3n) is 5.33. The molecule has 146 valence electrons. The van der Waals surface area contributed by atoms with Gasteiger partial charge in [0.05, 0.1) is 25.2 Å². The second kappa shape index (κ2) is 7.45. The second-order valence-corrected chi connectivity index (χ2v) is 8.78. The molecule has 3 aromatic rings. The molecule has 4 rings (SSSR count). The zero-order valence-electron chi connectivity index (χ0n) is 16.0. The number of sulfonamides is 1. The normalized spacial score (nSPS) is 17.7. The Kier molecular flexibility index (Phi) is 5.00. The molecule has 1 atom stereocenters. The molecule has 0 aromatic heterocycles. The molecule has 0 saturated carbocycles. The van der Waals surface area contributed by atoms with E-state index in [9.17, 15) is 8.42 Å². The predicted molar refractivity (Wildman–Crippen MR) is 109 cm³/mol. The highest BCUT2D eigenvalue weighted by Gasteiger charge is 2.37. The quantitative estimate of drug-likeness (QED) is 0.641. The molecule has 28 heavy (non-hydrogen) atoms. The summed E-state index contributed by atoms with van der Waals surface area (Å²) in [6.45, 7) is 0.486. The van der Waals surface area contributed by atoms with Crippen LogP contribution in [0.2, 0.25) is 0 Å². The molecule has 6 heteroatoms. The van der Waals surface area contributed by atoms with Gasteiger partial charge in [-0.3, -0.25) is 0 Å². The third kappa shape index (κ3) is 3.23. The number of rotatable bonds is 5. The van der Waals surface area contributed by atoms with Crippen molar-refractivity contribution in [1.82, 2.24) is 4.31 Å². The minimum Gasteiger partial charge on any atom is -0.497 e. The smallest absolute Gasteiger partial charge is 0.243 e. The van der Waals surface area contributed by atoms with Crippen LogP contribution in [-0.2, 0) is 10.0 Å². The van der Waals surface area contributed by atoms with Gasteiger partial charge in [-0.1, -0.05) is 30.3 Å². The highest BCUT2D eigenvalue weighted by molar-refractivity contribution is 7.89. The van der Waals surface area contributed by atoms with Crippen molar-refractivity contribution in [2.45, 2.75) is 23.8 Å². The van der Waals surface area contributed by atoms with E-state index in [1.165, 1.54) is 0 Å². The Morgan fingerprint density at radius 2 is 1.71 bits per heavy atom. The Bertz CT molecular complexity index is 1110. The zero-order valence-corrected chi connectivity index (χ0v) is 16.8. The molecule has 0 amide bonds. The Morgan fingerprint density at radius 1 is 0.929 bits per heavy atom. The average Bonchev–Trinajstić information content (AvgIpc) is 3.23. The van der Waals surface area contributed by atoms with Crippen molar-refractivity contribution >= 4 is 20.8 Å². The lowest BCUT2D eigenvalue weighted by Crippen LogP contribution is -2.31. The van der Waals surface area contributed by atoms with Crippen LogP contribution in [0, 0.1) is 0 Å². The summed E-state index contributed by atoms with van der Waals surface area (Å²) in [7, 11) is -0.434. The van der Waals surface area contributed by atoms with E-state index in [4.69, 9.17) is 9.47 Å². The first-order valence-electron chi connectivity index (χ1n) is 9.27. The lowest BCUT2D eigenvalue weighted by atomic mass is 10.0. The molecule has 1 aliphatic rings. The Morgan fingerprint density at radius 3 is 2.46 bits per heavy atom. The molecule has 1 saturated heterocycles. The van der Waals surface area contributed by atoms with Crippen molar-refractivity contribution < 1.29 is 17.9 Å². The van der Waals surface area contributed by atoms with E-state index >= 15 is 0 Å². The van der Waals surface area contributed by atoms with Crippen molar-refractivity contribution in [3.8, 4) is 11.5 Å². The maximum atomic E-state index is 13.5. The van der Waals surface area contributed by atoms with E-state index < -0.39 is 10.0 Å². The first kappa shape index (κ1) is 18.8. The number of hydrogen-bond donors (Lipinski definition) is 0. The van der Waals surface area contributed by atoms with E-state index in [1.807, 2.05) is 48.5 Å². The molecule has 0 spiro atoms. The van der Waals surface area contributed by atoms with Crippen LogP contribution in [-0.4, -0.2) is 33.5 Å². The third-order valence-corrected chi connectivity index (χ3v) is 7.23. The number of benzene rings is 3. The molecule has 0 bridgehead atoms. The summed E-state index contributed by atoms with van der Waals surface area (Å²) < 4.78 is 39.4. The van der Waals surface area contributed by atoms with Gasteiger partial charge in [0.25, 0.3) is 0 Å². The fourth-order valence-electron chi connectivity index (χ4n) is 3.90. The SMILES string of the molecule is COc1ccc(OC)c(C2CCCN2S(=O)(=O)c2ccc3ccccc3c2)c1. The summed E-state index contributed by atoms with van der Waals surface area (Å²) in [5.74, 6) is 1.36. The summed E-state index contributed by atoms with van der Waals surface area (Å²) in [5, 5.41) is 1.94. The number of methoxy groups -OCH3 is 2. The number of fused-ring (bicyclic) bond motifs is 1. The Balaban J connectivity index is 1.76. The van der Waals surface area contributed by atoms with Gasteiger partial charge >= 0.3 is 0 Å². The monoisotopic (exact) mass is 397 g/mol. The molecule has 0 radical (unpaired) electrons. The average molecular weight is 397 g/mol. The largest absolute Gasteiger partial charge is 0.497 e. The van der Waals surface area contributed by atoms with Gasteiger partial charge in [-0.2, -0.15) is 4.31 Å². The van der Waals surface area contributed by atoms with E-state index in [0.29, 0.717) is 22.9 Å². The van der Waals surface area contributed by atoms with Gasteiger partial charge in [0.2, 0.25) is 10.0 Å². The van der Waals surface area contributed by atoms with Gasteiger partial charge in [0.1, 0.15) is 11.5 Å². The number of hydrogen-bond acceptors (Lipinski definition) is 4. The summed E-state index contributed by atoms with van der Waals surface area (Å²) in [4.78, 5) is 0.319. The zero-order chi connectivity index (χ0) is 19.7. The summed E-state index contributed by atoms with van der Waals surface area (Å²) in [6.07, 6.45) is 1.55. The number of nitrogens with zero attached hydrogens (tertiary/aromatic N) is 1. The molecule has 1 heterocycles. The Labute approximate surface area is 165 Å². The molecule has 5 nitrogen and oxygen atoms in total. The van der Waals surface area contributed by atoms with Crippen molar-refractivity contribution in [3.05, 3.63) is 66.2 Å². The maximum Gasteiger partial charge on any atom is 0.243 e. The topological polar surface area (TPSA) is 55.8 Å². The molecule has 3 aromatic carbocycles. The van der Waals surface area contributed by atoms with Crippen LogP contribution in [0.3, 0.4) is 0 Å². The second-order valence-electron chi connectivity index (χ2n) is 6.89. The van der Waals surface area contributed by atoms with Crippen LogP contribution in [0.1, 0.15) is 24.4 Å². The van der Waals surface area contributed by atoms with Gasteiger partial charge in [0.15, 0.2) is 0 Å². The van der Waals surface area contributed by atoms with E-state index in [0.717, 1.165) is 29.2 Å². The first-order chi connectivity index (χ1) is 13.5. The lowest BCUT2D eigenvalue weighted by Gasteiger charge is -2.26. The molecular weight excluding hydrogens is 374 g/mol. The van der Waals surface area contributed by atoms with Gasteiger partial charge in [0, 0.05) is 12.1 Å². The summed E-state index contributed by atoms with van der Waals surface area (Å²) >= 11 is 0. The van der Waals surface area contributed by atoms with Crippen LogP contribution in [0.15, 0.2) is 65.6 Å². The van der Waals surface area contributed by atoms with Crippen molar-refractivity contribution in [3.63, 3.8) is 0 Å². The predicted octanol–water partition coefficient (Wildman–Crippen LogP) is 4.38. The lowest BCUT2D eigenvalue weighted by molar-refractivity contribution is 0.362. The van der Waals surface area contributed by atoms with Gasteiger partial charge in [-0.05, 0) is 53.9 Å². The molecule has 1 fully saturated rings. The van der Waals surface area contributed by atoms with E-state index in [2.05, 4.69) is 0 Å². The van der Waals surface area contributed by atoms with Crippen molar-refractivity contribution in [2.24, 2.45) is 0 Å².